The van der Waals surface area contributed by atoms with Gasteiger partial charge in [0.05, 0.1) is 10.9 Å². The topological polar surface area (TPSA) is 89.3 Å². The fraction of sp³-hybridized carbons (Fsp3) is 0.222. The molecule has 15 heavy (non-hydrogen) atoms. The van der Waals surface area contributed by atoms with Crippen molar-refractivity contribution in [1.82, 2.24) is 5.32 Å². The van der Waals surface area contributed by atoms with Gasteiger partial charge in [-0.2, -0.15) is 0 Å². The summed E-state index contributed by atoms with van der Waals surface area (Å²) < 4.78 is 21.9. The first-order valence-corrected chi connectivity index (χ1v) is 5.82. The van der Waals surface area contributed by atoms with E-state index in [0.717, 1.165) is 5.56 Å². The van der Waals surface area contributed by atoms with Crippen molar-refractivity contribution in [3.63, 3.8) is 0 Å². The molecule has 1 unspecified atom stereocenters. The predicted molar refractivity (Wildman–Crippen MR) is 55.4 cm³/mol. The van der Waals surface area contributed by atoms with E-state index in [2.05, 4.69) is 5.32 Å². The van der Waals surface area contributed by atoms with Crippen LogP contribution in [-0.4, -0.2) is 14.8 Å². The monoisotopic (exact) mass is 228 g/mol. The summed E-state index contributed by atoms with van der Waals surface area (Å²) in [4.78, 5) is 10.2. The highest BCUT2D eigenvalue weighted by Gasteiger charge is 2.08. The highest BCUT2D eigenvalue weighted by atomic mass is 32.2. The molecule has 6 heteroatoms. The van der Waals surface area contributed by atoms with Crippen molar-refractivity contribution >= 4 is 16.4 Å². The van der Waals surface area contributed by atoms with Gasteiger partial charge in [0.2, 0.25) is 16.4 Å². The normalized spacial score (nSPS) is 13.2. The lowest BCUT2D eigenvalue weighted by atomic mass is 10.1. The van der Waals surface area contributed by atoms with Crippen LogP contribution in [0, 0.1) is 0 Å². The van der Waals surface area contributed by atoms with Crippen LogP contribution in [0.5, 0.6) is 0 Å². The van der Waals surface area contributed by atoms with Crippen molar-refractivity contribution in [2.45, 2.75) is 17.9 Å². The maximum atomic E-state index is 10.9. The van der Waals surface area contributed by atoms with Crippen LogP contribution in [-0.2, 0) is 14.8 Å². The number of carbonyl (C=O) groups excluding carboxylic acids is 1. The van der Waals surface area contributed by atoms with Crippen LogP contribution in [0.2, 0.25) is 0 Å². The first-order chi connectivity index (χ1) is 6.95. The minimum absolute atomic E-state index is 0.0598. The fourth-order valence-corrected chi connectivity index (χ4v) is 1.66. The number of amides is 1. The highest BCUT2D eigenvalue weighted by Crippen LogP contribution is 2.14. The standard InChI is InChI=1S/C9H12N2O3S/c1-7(11-6-12)8-2-4-9(5-3-8)15(10,13)14/h2-7H,1H3,(H,11,12)(H2,10,13,14). The third-order valence-corrected chi connectivity index (χ3v) is 2.96. The largest absolute Gasteiger partial charge is 0.352 e. The van der Waals surface area contributed by atoms with E-state index in [1.807, 2.05) is 0 Å². The van der Waals surface area contributed by atoms with Gasteiger partial charge in [-0.3, -0.25) is 4.79 Å². The number of carbonyl (C=O) groups is 1. The minimum Gasteiger partial charge on any atom is -0.352 e. The van der Waals surface area contributed by atoms with Crippen molar-refractivity contribution in [3.05, 3.63) is 29.8 Å². The Morgan fingerprint density at radius 2 is 1.87 bits per heavy atom. The van der Waals surface area contributed by atoms with Crippen molar-refractivity contribution in [3.8, 4) is 0 Å². The second kappa shape index (κ2) is 4.41. The maximum Gasteiger partial charge on any atom is 0.238 e. The third-order valence-electron chi connectivity index (χ3n) is 2.03. The lowest BCUT2D eigenvalue weighted by Crippen LogP contribution is -2.16. The van der Waals surface area contributed by atoms with E-state index in [4.69, 9.17) is 5.14 Å². The molecule has 0 aliphatic heterocycles. The average Bonchev–Trinajstić information content (AvgIpc) is 2.17. The van der Waals surface area contributed by atoms with Crippen molar-refractivity contribution in [1.29, 1.82) is 0 Å². The van der Waals surface area contributed by atoms with Crippen LogP contribution in [0.15, 0.2) is 29.2 Å². The summed E-state index contributed by atoms with van der Waals surface area (Å²) in [5, 5.41) is 7.50. The quantitative estimate of drug-likeness (QED) is 0.718. The lowest BCUT2D eigenvalue weighted by Gasteiger charge is -2.10. The second-order valence-electron chi connectivity index (χ2n) is 3.12. The Balaban J connectivity index is 2.95. The van der Waals surface area contributed by atoms with Gasteiger partial charge < -0.3 is 5.32 Å². The van der Waals surface area contributed by atoms with Gasteiger partial charge >= 0.3 is 0 Å². The summed E-state index contributed by atoms with van der Waals surface area (Å²) in [5.41, 5.74) is 0.814. The summed E-state index contributed by atoms with van der Waals surface area (Å²) in [6, 6.07) is 5.89. The molecule has 1 aromatic rings. The molecule has 1 rings (SSSR count). The van der Waals surface area contributed by atoms with Crippen LogP contribution in [0.4, 0.5) is 0 Å². The molecule has 0 fully saturated rings. The Kier molecular flexibility index (Phi) is 3.43. The van der Waals surface area contributed by atoms with E-state index in [-0.39, 0.29) is 10.9 Å². The smallest absolute Gasteiger partial charge is 0.238 e. The van der Waals surface area contributed by atoms with E-state index >= 15 is 0 Å². The summed E-state index contributed by atoms with van der Waals surface area (Å²) in [6.07, 6.45) is 0.595. The molecule has 0 aliphatic rings. The summed E-state index contributed by atoms with van der Waals surface area (Å²) in [7, 11) is -3.65. The molecule has 82 valence electrons. The van der Waals surface area contributed by atoms with Crippen LogP contribution >= 0.6 is 0 Å². The van der Waals surface area contributed by atoms with Gasteiger partial charge in [0.15, 0.2) is 0 Å². The van der Waals surface area contributed by atoms with E-state index in [0.29, 0.717) is 6.41 Å². The zero-order chi connectivity index (χ0) is 11.5. The number of benzene rings is 1. The van der Waals surface area contributed by atoms with Gasteiger partial charge in [0.25, 0.3) is 0 Å². The predicted octanol–water partition coefficient (Wildman–Crippen LogP) is 0.141. The van der Waals surface area contributed by atoms with Crippen LogP contribution in [0.3, 0.4) is 0 Å². The molecule has 1 aromatic carbocycles. The molecule has 1 amide bonds. The molecule has 0 aromatic heterocycles. The Bertz CT molecular complexity index is 439. The number of primary sulfonamides is 1. The number of nitrogens with two attached hydrogens (primary N) is 1. The Morgan fingerprint density at radius 3 is 2.27 bits per heavy atom. The highest BCUT2D eigenvalue weighted by molar-refractivity contribution is 7.89. The zero-order valence-electron chi connectivity index (χ0n) is 8.17. The van der Waals surface area contributed by atoms with E-state index in [1.54, 1.807) is 19.1 Å². The molecule has 0 aliphatic carbocycles. The SMILES string of the molecule is CC(NC=O)c1ccc(S(N)(=O)=O)cc1. The van der Waals surface area contributed by atoms with Crippen molar-refractivity contribution < 1.29 is 13.2 Å². The van der Waals surface area contributed by atoms with Crippen molar-refractivity contribution in [2.75, 3.05) is 0 Å². The molecule has 3 N–H and O–H groups in total. The first kappa shape index (κ1) is 11.7. The molecule has 0 heterocycles. The summed E-state index contributed by atoms with van der Waals surface area (Å²) in [5.74, 6) is 0. The van der Waals surface area contributed by atoms with E-state index in [9.17, 15) is 13.2 Å². The average molecular weight is 228 g/mol. The molecule has 0 saturated heterocycles. The van der Waals surface area contributed by atoms with Gasteiger partial charge in [0.1, 0.15) is 0 Å². The fourth-order valence-electron chi connectivity index (χ4n) is 1.14. The first-order valence-electron chi connectivity index (χ1n) is 4.27. The van der Waals surface area contributed by atoms with Gasteiger partial charge in [-0.25, -0.2) is 13.6 Å². The molecular formula is C9H12N2O3S. The summed E-state index contributed by atoms with van der Waals surface area (Å²) >= 11 is 0. The van der Waals surface area contributed by atoms with Gasteiger partial charge in [0, 0.05) is 0 Å². The Hall–Kier alpha value is -1.40. The Morgan fingerprint density at radius 1 is 1.33 bits per heavy atom. The number of sulfonamides is 1. The molecule has 1 atom stereocenters. The molecule has 0 spiro atoms. The van der Waals surface area contributed by atoms with Crippen LogP contribution in [0.1, 0.15) is 18.5 Å². The third kappa shape index (κ3) is 3.03. The molecule has 0 saturated carbocycles. The number of rotatable bonds is 4. The molecule has 0 bridgehead atoms. The maximum absolute atomic E-state index is 10.9. The molecule has 5 nitrogen and oxygen atoms in total. The van der Waals surface area contributed by atoms with Gasteiger partial charge in [-0.05, 0) is 24.6 Å². The minimum atomic E-state index is -3.65. The lowest BCUT2D eigenvalue weighted by molar-refractivity contribution is -0.110. The van der Waals surface area contributed by atoms with E-state index in [1.165, 1.54) is 12.1 Å². The number of nitrogens with one attached hydrogen (secondary N) is 1. The van der Waals surface area contributed by atoms with Gasteiger partial charge in [-0.15, -0.1) is 0 Å². The number of hydrogen-bond donors (Lipinski definition) is 2. The summed E-state index contributed by atoms with van der Waals surface area (Å²) in [6.45, 7) is 1.79. The Labute approximate surface area is 88.3 Å². The number of hydrogen-bond acceptors (Lipinski definition) is 3. The van der Waals surface area contributed by atoms with Gasteiger partial charge in [-0.1, -0.05) is 12.1 Å². The second-order valence-corrected chi connectivity index (χ2v) is 4.68. The van der Waals surface area contributed by atoms with E-state index < -0.39 is 10.0 Å². The van der Waals surface area contributed by atoms with Crippen molar-refractivity contribution in [2.24, 2.45) is 5.14 Å². The molecular weight excluding hydrogens is 216 g/mol. The van der Waals surface area contributed by atoms with Crippen LogP contribution < -0.4 is 10.5 Å². The molecule has 0 radical (unpaired) electrons. The van der Waals surface area contributed by atoms with Crippen LogP contribution in [0.25, 0.3) is 0 Å². The zero-order valence-corrected chi connectivity index (χ0v) is 8.99.